The van der Waals surface area contributed by atoms with Gasteiger partial charge in [0.25, 0.3) is 0 Å². The van der Waals surface area contributed by atoms with Gasteiger partial charge in [-0.3, -0.25) is 4.99 Å². The largest absolute Gasteiger partial charge is 0.387 e. The molecule has 0 aromatic carbocycles. The van der Waals surface area contributed by atoms with Crippen LogP contribution in [0.2, 0.25) is 0 Å². The van der Waals surface area contributed by atoms with Crippen LogP contribution in [0.15, 0.2) is 4.99 Å². The van der Waals surface area contributed by atoms with E-state index in [9.17, 15) is 0 Å². The quantitative estimate of drug-likeness (QED) is 0.464. The molecule has 2 fully saturated rings. The fourth-order valence-electron chi connectivity index (χ4n) is 3.15. The molecule has 0 saturated heterocycles. The van der Waals surface area contributed by atoms with Crippen molar-refractivity contribution in [2.45, 2.75) is 70.3 Å². The summed E-state index contributed by atoms with van der Waals surface area (Å²) in [5.74, 6) is 1.43. The zero-order valence-electron chi connectivity index (χ0n) is 11.6. The highest BCUT2D eigenvalue weighted by Gasteiger charge is 2.17. The van der Waals surface area contributed by atoms with Gasteiger partial charge in [-0.1, -0.05) is 38.5 Å². The molecule has 2 N–H and O–H groups in total. The molecule has 0 aromatic heterocycles. The molecule has 2 aliphatic carbocycles. The Morgan fingerprint density at radius 2 is 1.56 bits per heavy atom. The van der Waals surface area contributed by atoms with Crippen LogP contribution in [0.25, 0.3) is 0 Å². The van der Waals surface area contributed by atoms with Crippen LogP contribution < -0.4 is 5.73 Å². The van der Waals surface area contributed by atoms with Crippen LogP contribution >= 0.6 is 0 Å². The van der Waals surface area contributed by atoms with Crippen molar-refractivity contribution < 1.29 is 4.74 Å². The normalized spacial score (nSPS) is 24.3. The predicted molar refractivity (Wildman–Crippen MR) is 75.9 cm³/mol. The maximum Gasteiger partial charge on any atom is 0.0969 e. The molecule has 0 bridgehead atoms. The van der Waals surface area contributed by atoms with Gasteiger partial charge in [-0.05, 0) is 25.7 Å². The van der Waals surface area contributed by atoms with Gasteiger partial charge in [-0.25, -0.2) is 0 Å². The van der Waals surface area contributed by atoms with E-state index in [2.05, 4.69) is 4.99 Å². The molecule has 3 nitrogen and oxygen atoms in total. The van der Waals surface area contributed by atoms with E-state index in [4.69, 9.17) is 10.5 Å². The van der Waals surface area contributed by atoms with Gasteiger partial charge in [0.1, 0.15) is 0 Å². The molecule has 2 saturated carbocycles. The molecular weight excluding hydrogens is 224 g/mol. The van der Waals surface area contributed by atoms with E-state index in [1.807, 2.05) is 0 Å². The second kappa shape index (κ2) is 7.78. The standard InChI is InChI=1S/C15H28N2O/c16-15(13-7-3-1-4-8-13)17-11-12-18-14-9-5-2-6-10-14/h13-14H,1-12H2,(H2,16,17). The number of hydrogen-bond acceptors (Lipinski definition) is 2. The Balaban J connectivity index is 1.60. The van der Waals surface area contributed by atoms with E-state index in [0.29, 0.717) is 12.0 Å². The van der Waals surface area contributed by atoms with E-state index in [0.717, 1.165) is 19.0 Å². The fraction of sp³-hybridized carbons (Fsp3) is 0.933. The zero-order chi connectivity index (χ0) is 12.6. The molecule has 0 radical (unpaired) electrons. The Bertz CT molecular complexity index is 253. The highest BCUT2D eigenvalue weighted by molar-refractivity contribution is 5.82. The number of amidine groups is 1. The number of nitrogens with two attached hydrogens (primary N) is 1. The molecule has 0 unspecified atom stereocenters. The van der Waals surface area contributed by atoms with Crippen LogP contribution in [0.4, 0.5) is 0 Å². The van der Waals surface area contributed by atoms with Gasteiger partial charge in [-0.15, -0.1) is 0 Å². The van der Waals surface area contributed by atoms with Crippen molar-refractivity contribution >= 4 is 5.84 Å². The first-order valence-corrected chi connectivity index (χ1v) is 7.77. The maximum atomic E-state index is 6.06. The number of aliphatic imine (C=N–C) groups is 1. The molecule has 2 rings (SSSR count). The number of hydrogen-bond donors (Lipinski definition) is 1. The Labute approximate surface area is 111 Å². The van der Waals surface area contributed by atoms with Crippen molar-refractivity contribution in [2.75, 3.05) is 13.2 Å². The SMILES string of the molecule is NC(=NCCOC1CCCCC1)C1CCCCC1. The summed E-state index contributed by atoms with van der Waals surface area (Å²) in [5.41, 5.74) is 6.06. The highest BCUT2D eigenvalue weighted by atomic mass is 16.5. The third-order valence-corrected chi connectivity index (χ3v) is 4.31. The average molecular weight is 252 g/mol. The third-order valence-electron chi connectivity index (χ3n) is 4.31. The van der Waals surface area contributed by atoms with Gasteiger partial charge >= 0.3 is 0 Å². The van der Waals surface area contributed by atoms with Gasteiger partial charge in [0.05, 0.1) is 25.1 Å². The minimum Gasteiger partial charge on any atom is -0.387 e. The lowest BCUT2D eigenvalue weighted by atomic mass is 9.88. The van der Waals surface area contributed by atoms with E-state index < -0.39 is 0 Å². The molecule has 0 atom stereocenters. The molecule has 104 valence electrons. The van der Waals surface area contributed by atoms with E-state index in [-0.39, 0.29) is 0 Å². The third kappa shape index (κ3) is 4.60. The van der Waals surface area contributed by atoms with Crippen LogP contribution in [-0.2, 0) is 4.74 Å². The smallest absolute Gasteiger partial charge is 0.0969 e. The zero-order valence-corrected chi connectivity index (χ0v) is 11.6. The first-order chi connectivity index (χ1) is 8.86. The van der Waals surface area contributed by atoms with Crippen molar-refractivity contribution in [3.63, 3.8) is 0 Å². The van der Waals surface area contributed by atoms with Crippen molar-refractivity contribution in [3.8, 4) is 0 Å². The molecule has 0 heterocycles. The van der Waals surface area contributed by atoms with E-state index >= 15 is 0 Å². The Morgan fingerprint density at radius 1 is 0.944 bits per heavy atom. The second-order valence-electron chi connectivity index (χ2n) is 5.77. The molecule has 18 heavy (non-hydrogen) atoms. The number of ether oxygens (including phenoxy) is 1. The lowest BCUT2D eigenvalue weighted by molar-refractivity contribution is 0.0334. The molecule has 0 amide bonds. The van der Waals surface area contributed by atoms with Gasteiger partial charge in [0.15, 0.2) is 0 Å². The first kappa shape index (κ1) is 13.9. The average Bonchev–Trinajstić information content (AvgIpc) is 2.45. The second-order valence-corrected chi connectivity index (χ2v) is 5.77. The van der Waals surface area contributed by atoms with Crippen LogP contribution in [0.3, 0.4) is 0 Å². The van der Waals surface area contributed by atoms with Gasteiger partial charge < -0.3 is 10.5 Å². The van der Waals surface area contributed by atoms with Crippen LogP contribution in [0.5, 0.6) is 0 Å². The molecule has 3 heteroatoms. The Kier molecular flexibility index (Phi) is 5.98. The highest BCUT2D eigenvalue weighted by Crippen LogP contribution is 2.23. The minimum absolute atomic E-state index is 0.491. The van der Waals surface area contributed by atoms with Crippen molar-refractivity contribution in [1.82, 2.24) is 0 Å². The summed E-state index contributed by atoms with van der Waals surface area (Å²) in [6.45, 7) is 1.50. The topological polar surface area (TPSA) is 47.6 Å². The summed E-state index contributed by atoms with van der Waals surface area (Å²) in [7, 11) is 0. The summed E-state index contributed by atoms with van der Waals surface area (Å²) in [5, 5.41) is 0. The fourth-order valence-corrected chi connectivity index (χ4v) is 3.15. The molecule has 0 aliphatic heterocycles. The summed E-state index contributed by atoms with van der Waals surface area (Å²) in [6.07, 6.45) is 13.5. The van der Waals surface area contributed by atoms with Crippen molar-refractivity contribution in [3.05, 3.63) is 0 Å². The van der Waals surface area contributed by atoms with Gasteiger partial charge in [-0.2, -0.15) is 0 Å². The van der Waals surface area contributed by atoms with Gasteiger partial charge in [0, 0.05) is 5.92 Å². The van der Waals surface area contributed by atoms with Gasteiger partial charge in [0.2, 0.25) is 0 Å². The number of rotatable bonds is 5. The molecular formula is C15H28N2O. The van der Waals surface area contributed by atoms with Crippen molar-refractivity contribution in [2.24, 2.45) is 16.6 Å². The molecule has 0 aromatic rings. The monoisotopic (exact) mass is 252 g/mol. The maximum absolute atomic E-state index is 6.06. The summed E-state index contributed by atoms with van der Waals surface area (Å²) >= 11 is 0. The van der Waals surface area contributed by atoms with Crippen molar-refractivity contribution in [1.29, 1.82) is 0 Å². The van der Waals surface area contributed by atoms with E-state index in [1.54, 1.807) is 0 Å². The summed E-state index contributed by atoms with van der Waals surface area (Å²) in [4.78, 5) is 4.50. The Hall–Kier alpha value is -0.570. The first-order valence-electron chi connectivity index (χ1n) is 7.77. The Morgan fingerprint density at radius 3 is 2.22 bits per heavy atom. The number of nitrogens with zero attached hydrogens (tertiary/aromatic N) is 1. The van der Waals surface area contributed by atoms with Crippen LogP contribution in [0.1, 0.15) is 64.2 Å². The molecule has 2 aliphatic rings. The molecule has 0 spiro atoms. The van der Waals surface area contributed by atoms with Crippen LogP contribution in [-0.4, -0.2) is 25.1 Å². The predicted octanol–water partition coefficient (Wildman–Crippen LogP) is 3.27. The van der Waals surface area contributed by atoms with Crippen LogP contribution in [0, 0.1) is 5.92 Å². The summed E-state index contributed by atoms with van der Waals surface area (Å²) < 4.78 is 5.86. The lowest BCUT2D eigenvalue weighted by Crippen LogP contribution is -2.26. The van der Waals surface area contributed by atoms with E-state index in [1.165, 1.54) is 64.2 Å². The minimum atomic E-state index is 0.491. The summed E-state index contributed by atoms with van der Waals surface area (Å²) in [6, 6.07) is 0. The lowest BCUT2D eigenvalue weighted by Gasteiger charge is -2.22.